The van der Waals surface area contributed by atoms with Gasteiger partial charge in [-0.05, 0) is 55.8 Å². The predicted molar refractivity (Wildman–Crippen MR) is 109 cm³/mol. The molecule has 142 valence electrons. The largest absolute Gasteiger partial charge is 0.378 e. The van der Waals surface area contributed by atoms with Gasteiger partial charge in [0.25, 0.3) is 0 Å². The lowest BCUT2D eigenvalue weighted by molar-refractivity contribution is 0.246. The van der Waals surface area contributed by atoms with Gasteiger partial charge in [-0.1, -0.05) is 23.7 Å². The summed E-state index contributed by atoms with van der Waals surface area (Å²) in [6.07, 6.45) is 2.30. The van der Waals surface area contributed by atoms with Crippen molar-refractivity contribution in [3.8, 4) is 0 Å². The second kappa shape index (κ2) is 8.27. The van der Waals surface area contributed by atoms with Gasteiger partial charge in [0.15, 0.2) is 0 Å². The average molecular weight is 414 g/mol. The van der Waals surface area contributed by atoms with Gasteiger partial charge in [-0.2, -0.15) is 0 Å². The molecule has 0 spiro atoms. The number of nitrogens with zero attached hydrogens (tertiary/aromatic N) is 2. The van der Waals surface area contributed by atoms with E-state index in [1.54, 1.807) is 12.1 Å². The summed E-state index contributed by atoms with van der Waals surface area (Å²) >= 11 is 6.96. The van der Waals surface area contributed by atoms with E-state index < -0.39 is 10.0 Å². The Morgan fingerprint density at radius 3 is 2.35 bits per heavy atom. The van der Waals surface area contributed by atoms with Crippen LogP contribution in [0.3, 0.4) is 0 Å². The molecule has 8 heteroatoms. The summed E-state index contributed by atoms with van der Waals surface area (Å²) in [4.78, 5) is 4.41. The lowest BCUT2D eigenvalue weighted by Crippen LogP contribution is -2.36. The smallest absolute Gasteiger partial charge is 0.250 e. The molecule has 0 saturated carbocycles. The van der Waals surface area contributed by atoms with Gasteiger partial charge in [0, 0.05) is 32.4 Å². The van der Waals surface area contributed by atoms with Crippen LogP contribution in [0.1, 0.15) is 24.4 Å². The minimum atomic E-state index is -3.54. The molecule has 0 radical (unpaired) electrons. The van der Waals surface area contributed by atoms with Crippen LogP contribution in [0.15, 0.2) is 40.6 Å². The van der Waals surface area contributed by atoms with E-state index in [0.29, 0.717) is 10.9 Å². The van der Waals surface area contributed by atoms with Crippen LogP contribution >= 0.6 is 22.9 Å². The second-order valence-corrected chi connectivity index (χ2v) is 10.4. The minimum absolute atomic E-state index is 0.0268. The molecule has 1 atom stereocenters. The fourth-order valence-electron chi connectivity index (χ4n) is 3.21. The van der Waals surface area contributed by atoms with E-state index in [9.17, 15) is 8.42 Å². The van der Waals surface area contributed by atoms with Crippen molar-refractivity contribution in [3.63, 3.8) is 0 Å². The maximum Gasteiger partial charge on any atom is 0.250 e. The molecule has 1 aromatic carbocycles. The molecular formula is C18H24ClN3O2S2. The Morgan fingerprint density at radius 2 is 1.81 bits per heavy atom. The fraction of sp³-hybridized carbons (Fsp3) is 0.444. The molecule has 1 aliphatic rings. The Balaban J connectivity index is 1.78. The molecule has 3 rings (SSSR count). The van der Waals surface area contributed by atoms with Gasteiger partial charge in [-0.25, -0.2) is 13.1 Å². The van der Waals surface area contributed by atoms with Crippen molar-refractivity contribution in [2.75, 3.05) is 38.6 Å². The number of hydrogen-bond acceptors (Lipinski definition) is 5. The molecular weight excluding hydrogens is 390 g/mol. The lowest BCUT2D eigenvalue weighted by Gasteiger charge is -2.28. The summed E-state index contributed by atoms with van der Waals surface area (Å²) in [5, 5.41) is 0. The Hall–Kier alpha value is -1.12. The highest BCUT2D eigenvalue weighted by molar-refractivity contribution is 7.91. The number of anilines is 1. The van der Waals surface area contributed by atoms with Gasteiger partial charge in [-0.15, -0.1) is 11.3 Å². The van der Waals surface area contributed by atoms with Crippen molar-refractivity contribution in [1.29, 1.82) is 0 Å². The SMILES string of the molecule is CN(C)c1ccc([C@@H](CNS(=O)(=O)c2ccc(Cl)s2)N2CCCC2)cc1. The maximum atomic E-state index is 12.6. The van der Waals surface area contributed by atoms with E-state index in [1.165, 1.54) is 0 Å². The van der Waals surface area contributed by atoms with E-state index in [1.807, 2.05) is 14.1 Å². The van der Waals surface area contributed by atoms with Gasteiger partial charge in [-0.3, -0.25) is 4.90 Å². The Morgan fingerprint density at radius 1 is 1.15 bits per heavy atom. The first-order valence-corrected chi connectivity index (χ1v) is 11.3. The van der Waals surface area contributed by atoms with E-state index in [-0.39, 0.29) is 10.3 Å². The normalized spacial score (nSPS) is 16.7. The van der Waals surface area contributed by atoms with Crippen LogP contribution in [0.2, 0.25) is 4.34 Å². The second-order valence-electron chi connectivity index (χ2n) is 6.66. The Kier molecular flexibility index (Phi) is 6.25. The summed E-state index contributed by atoms with van der Waals surface area (Å²) in [7, 11) is 0.470. The van der Waals surface area contributed by atoms with Gasteiger partial charge in [0.05, 0.1) is 4.34 Å². The first-order chi connectivity index (χ1) is 12.4. The van der Waals surface area contributed by atoms with Crippen molar-refractivity contribution in [2.24, 2.45) is 0 Å². The number of benzene rings is 1. The van der Waals surface area contributed by atoms with Gasteiger partial charge < -0.3 is 4.90 Å². The number of sulfonamides is 1. The first-order valence-electron chi connectivity index (χ1n) is 8.63. The van der Waals surface area contributed by atoms with E-state index in [0.717, 1.165) is 48.5 Å². The topological polar surface area (TPSA) is 52.7 Å². The van der Waals surface area contributed by atoms with Crippen LogP contribution in [0.25, 0.3) is 0 Å². The molecule has 2 heterocycles. The molecule has 0 amide bonds. The third kappa shape index (κ3) is 4.58. The number of rotatable bonds is 7. The maximum absolute atomic E-state index is 12.6. The summed E-state index contributed by atoms with van der Waals surface area (Å²) in [6.45, 7) is 2.33. The highest BCUT2D eigenvalue weighted by Gasteiger charge is 2.26. The highest BCUT2D eigenvalue weighted by atomic mass is 35.5. The van der Waals surface area contributed by atoms with Crippen LogP contribution in [-0.4, -0.2) is 47.0 Å². The van der Waals surface area contributed by atoms with Crippen molar-refractivity contribution in [1.82, 2.24) is 9.62 Å². The zero-order valence-corrected chi connectivity index (χ0v) is 17.4. The summed E-state index contributed by atoms with van der Waals surface area (Å²) < 4.78 is 28.6. The standard InChI is InChI=1S/C18H24ClN3O2S2/c1-21(2)15-7-5-14(6-8-15)16(22-11-3-4-12-22)13-20-26(23,24)18-10-9-17(19)25-18/h5-10,16,20H,3-4,11-13H2,1-2H3/t16-/m1/s1. The van der Waals surface area contributed by atoms with Crippen LogP contribution in [0.5, 0.6) is 0 Å². The quantitative estimate of drug-likeness (QED) is 0.753. The number of halogens is 1. The van der Waals surface area contributed by atoms with Crippen LogP contribution < -0.4 is 9.62 Å². The molecule has 1 saturated heterocycles. The third-order valence-electron chi connectivity index (χ3n) is 4.66. The molecule has 5 nitrogen and oxygen atoms in total. The zero-order chi connectivity index (χ0) is 18.7. The average Bonchev–Trinajstić information content (AvgIpc) is 3.27. The summed E-state index contributed by atoms with van der Waals surface area (Å²) in [5.41, 5.74) is 2.26. The molecule has 1 aliphatic heterocycles. The molecule has 0 aliphatic carbocycles. The Bertz CT molecular complexity index is 828. The highest BCUT2D eigenvalue weighted by Crippen LogP contribution is 2.28. The van der Waals surface area contributed by atoms with Gasteiger partial charge >= 0.3 is 0 Å². The summed E-state index contributed by atoms with van der Waals surface area (Å²) in [6, 6.07) is 11.5. The van der Waals surface area contributed by atoms with Crippen molar-refractivity contribution >= 4 is 38.6 Å². The Labute approximate surface area is 164 Å². The molecule has 1 fully saturated rings. The van der Waals surface area contributed by atoms with E-state index in [4.69, 9.17) is 11.6 Å². The molecule has 26 heavy (non-hydrogen) atoms. The van der Waals surface area contributed by atoms with Crippen LogP contribution in [-0.2, 0) is 10.0 Å². The molecule has 2 aromatic rings. The lowest BCUT2D eigenvalue weighted by atomic mass is 10.1. The molecule has 0 unspecified atom stereocenters. The van der Waals surface area contributed by atoms with Crippen molar-refractivity contribution < 1.29 is 8.42 Å². The molecule has 1 aromatic heterocycles. The number of hydrogen-bond donors (Lipinski definition) is 1. The predicted octanol–water partition coefficient (Wildman–Crippen LogP) is 3.58. The van der Waals surface area contributed by atoms with Crippen molar-refractivity contribution in [2.45, 2.75) is 23.1 Å². The van der Waals surface area contributed by atoms with Crippen molar-refractivity contribution in [3.05, 3.63) is 46.3 Å². The third-order valence-corrected chi connectivity index (χ3v) is 7.80. The fourth-order valence-corrected chi connectivity index (χ4v) is 5.77. The molecule has 1 N–H and O–H groups in total. The van der Waals surface area contributed by atoms with Crippen LogP contribution in [0, 0.1) is 0 Å². The minimum Gasteiger partial charge on any atom is -0.378 e. The summed E-state index contributed by atoms with van der Waals surface area (Å²) in [5.74, 6) is 0. The number of likely N-dealkylation sites (tertiary alicyclic amines) is 1. The van der Waals surface area contributed by atoms with E-state index in [2.05, 4.69) is 38.8 Å². The van der Waals surface area contributed by atoms with Crippen LogP contribution in [0.4, 0.5) is 5.69 Å². The zero-order valence-electron chi connectivity index (χ0n) is 15.0. The monoisotopic (exact) mass is 413 g/mol. The first kappa shape index (κ1) is 19.6. The van der Waals surface area contributed by atoms with Gasteiger partial charge in [0.2, 0.25) is 10.0 Å². The van der Waals surface area contributed by atoms with E-state index >= 15 is 0 Å². The van der Waals surface area contributed by atoms with Gasteiger partial charge in [0.1, 0.15) is 4.21 Å². The number of nitrogens with one attached hydrogen (secondary N) is 1. The molecule has 0 bridgehead atoms. The number of thiophene rings is 1.